The van der Waals surface area contributed by atoms with E-state index in [0.29, 0.717) is 12.0 Å². The van der Waals surface area contributed by atoms with Crippen molar-refractivity contribution in [1.29, 1.82) is 0 Å². The summed E-state index contributed by atoms with van der Waals surface area (Å²) in [6.45, 7) is 9.93. The summed E-state index contributed by atoms with van der Waals surface area (Å²) in [4.78, 5) is 0. The highest BCUT2D eigenvalue weighted by Gasteiger charge is 2.19. The van der Waals surface area contributed by atoms with E-state index in [1.165, 1.54) is 17.8 Å². The Morgan fingerprint density at radius 2 is 2.06 bits per heavy atom. The molecule has 0 fully saturated rings. The fourth-order valence-corrected chi connectivity index (χ4v) is 1.99. The summed E-state index contributed by atoms with van der Waals surface area (Å²) >= 11 is 0. The van der Waals surface area contributed by atoms with Gasteiger partial charge in [0.25, 0.3) is 0 Å². The molecule has 0 saturated carbocycles. The molecule has 1 unspecified atom stereocenters. The number of rotatable bonds is 6. The van der Waals surface area contributed by atoms with Gasteiger partial charge in [-0.3, -0.25) is 4.68 Å². The molecule has 0 amide bonds. The minimum absolute atomic E-state index is 0.415. The maximum absolute atomic E-state index is 4.52. The lowest BCUT2D eigenvalue weighted by molar-refractivity contribution is 0.391. The Balaban J connectivity index is 2.86. The number of nitrogens with one attached hydrogen (secondary N) is 1. The molecule has 1 N–H and O–H groups in total. The van der Waals surface area contributed by atoms with Gasteiger partial charge in [-0.25, -0.2) is 0 Å². The summed E-state index contributed by atoms with van der Waals surface area (Å²) in [6.07, 6.45) is 2.17. The summed E-state index contributed by atoms with van der Waals surface area (Å²) in [5, 5.41) is 8.12. The zero-order chi connectivity index (χ0) is 12.1. The predicted molar refractivity (Wildman–Crippen MR) is 68.5 cm³/mol. The maximum atomic E-state index is 4.52. The van der Waals surface area contributed by atoms with Crippen molar-refractivity contribution < 1.29 is 0 Å². The first-order chi connectivity index (χ1) is 7.60. The van der Waals surface area contributed by atoms with Gasteiger partial charge in [-0.15, -0.1) is 0 Å². The monoisotopic (exact) mass is 223 g/mol. The molecule has 0 aliphatic heterocycles. The van der Waals surface area contributed by atoms with Crippen LogP contribution in [0.5, 0.6) is 0 Å². The molecule has 0 spiro atoms. The zero-order valence-corrected chi connectivity index (χ0v) is 11.2. The first kappa shape index (κ1) is 13.2. The van der Waals surface area contributed by atoms with E-state index < -0.39 is 0 Å². The van der Waals surface area contributed by atoms with Crippen molar-refractivity contribution in [2.24, 2.45) is 13.0 Å². The minimum Gasteiger partial charge on any atom is -0.308 e. The van der Waals surface area contributed by atoms with Crippen LogP contribution < -0.4 is 5.32 Å². The first-order valence-electron chi connectivity index (χ1n) is 6.36. The third-order valence-electron chi connectivity index (χ3n) is 2.93. The Hall–Kier alpha value is -0.830. The maximum Gasteiger partial charge on any atom is 0.0625 e. The number of aromatic nitrogens is 2. The fourth-order valence-electron chi connectivity index (χ4n) is 1.99. The Kier molecular flexibility index (Phi) is 5.00. The van der Waals surface area contributed by atoms with Crippen molar-refractivity contribution in [2.75, 3.05) is 6.54 Å². The third-order valence-corrected chi connectivity index (χ3v) is 2.93. The molecule has 0 saturated heterocycles. The second kappa shape index (κ2) is 6.04. The largest absolute Gasteiger partial charge is 0.308 e. The number of nitrogens with zero attached hydrogens (tertiary/aromatic N) is 2. The van der Waals surface area contributed by atoms with Crippen molar-refractivity contribution in [3.8, 4) is 0 Å². The van der Waals surface area contributed by atoms with Crippen molar-refractivity contribution in [2.45, 2.75) is 46.6 Å². The highest BCUT2D eigenvalue weighted by atomic mass is 15.3. The van der Waals surface area contributed by atoms with E-state index in [2.05, 4.69) is 44.2 Å². The van der Waals surface area contributed by atoms with Gasteiger partial charge >= 0.3 is 0 Å². The van der Waals surface area contributed by atoms with E-state index in [1.807, 2.05) is 11.7 Å². The highest BCUT2D eigenvalue weighted by molar-refractivity contribution is 5.14. The van der Waals surface area contributed by atoms with Crippen molar-refractivity contribution in [3.05, 3.63) is 17.5 Å². The van der Waals surface area contributed by atoms with E-state index >= 15 is 0 Å². The lowest BCUT2D eigenvalue weighted by atomic mass is 10.0. The molecule has 3 nitrogen and oxygen atoms in total. The molecule has 0 aliphatic rings. The third kappa shape index (κ3) is 3.08. The molecule has 3 heteroatoms. The second-order valence-corrected chi connectivity index (χ2v) is 4.71. The van der Waals surface area contributed by atoms with Gasteiger partial charge in [0.15, 0.2) is 0 Å². The number of hydrogen-bond acceptors (Lipinski definition) is 2. The molecule has 1 heterocycles. The fraction of sp³-hybridized carbons (Fsp3) is 0.769. The molecule has 16 heavy (non-hydrogen) atoms. The molecular formula is C13H25N3. The molecule has 92 valence electrons. The van der Waals surface area contributed by atoms with Gasteiger partial charge in [-0.05, 0) is 31.4 Å². The zero-order valence-electron chi connectivity index (χ0n) is 11.2. The van der Waals surface area contributed by atoms with Gasteiger partial charge in [0, 0.05) is 7.05 Å². The molecule has 0 aliphatic carbocycles. The van der Waals surface area contributed by atoms with Crippen molar-refractivity contribution in [1.82, 2.24) is 15.1 Å². The number of aryl methyl sites for hydroxylation is 2. The SMILES string of the molecule is CCCNC(c1cc(CC)nn1C)C(C)C. The van der Waals surface area contributed by atoms with Gasteiger partial charge in [0.1, 0.15) is 0 Å². The topological polar surface area (TPSA) is 29.9 Å². The lowest BCUT2D eigenvalue weighted by Gasteiger charge is -2.22. The van der Waals surface area contributed by atoms with Crippen molar-refractivity contribution in [3.63, 3.8) is 0 Å². The van der Waals surface area contributed by atoms with Crippen LogP contribution in [-0.4, -0.2) is 16.3 Å². The minimum atomic E-state index is 0.415. The van der Waals surface area contributed by atoms with Crippen LogP contribution in [0.3, 0.4) is 0 Å². The van der Waals surface area contributed by atoms with Crippen molar-refractivity contribution >= 4 is 0 Å². The average Bonchev–Trinajstić information content (AvgIpc) is 2.60. The number of hydrogen-bond donors (Lipinski definition) is 1. The molecule has 1 rings (SSSR count). The van der Waals surface area contributed by atoms with Crippen LogP contribution in [0.4, 0.5) is 0 Å². The Morgan fingerprint density at radius 3 is 2.50 bits per heavy atom. The van der Waals surface area contributed by atoms with Gasteiger partial charge in [-0.1, -0.05) is 27.7 Å². The molecule has 1 aromatic rings. The van der Waals surface area contributed by atoms with Crippen LogP contribution in [0.15, 0.2) is 6.07 Å². The van der Waals surface area contributed by atoms with Gasteiger partial charge in [0.05, 0.1) is 17.4 Å². The standard InChI is InChI=1S/C13H25N3/c1-6-8-14-13(10(3)4)12-9-11(7-2)15-16(12)5/h9-10,13-14H,6-8H2,1-5H3. The molecular weight excluding hydrogens is 198 g/mol. The summed E-state index contributed by atoms with van der Waals surface area (Å²) in [5.41, 5.74) is 2.49. The summed E-state index contributed by atoms with van der Waals surface area (Å²) in [5.74, 6) is 0.589. The average molecular weight is 223 g/mol. The van der Waals surface area contributed by atoms with Crippen LogP contribution in [0.2, 0.25) is 0 Å². The van der Waals surface area contributed by atoms with Gasteiger partial charge in [0.2, 0.25) is 0 Å². The van der Waals surface area contributed by atoms with Crippen LogP contribution >= 0.6 is 0 Å². The molecule has 0 bridgehead atoms. The first-order valence-corrected chi connectivity index (χ1v) is 6.36. The summed E-state index contributed by atoms with van der Waals surface area (Å²) in [6, 6.07) is 2.64. The Morgan fingerprint density at radius 1 is 1.38 bits per heavy atom. The molecule has 0 aromatic carbocycles. The normalized spacial score (nSPS) is 13.4. The van der Waals surface area contributed by atoms with E-state index in [9.17, 15) is 0 Å². The van der Waals surface area contributed by atoms with Crippen LogP contribution in [0.25, 0.3) is 0 Å². The molecule has 1 atom stereocenters. The smallest absolute Gasteiger partial charge is 0.0625 e. The van der Waals surface area contributed by atoms with Crippen LogP contribution in [0.1, 0.15) is 51.5 Å². The van der Waals surface area contributed by atoms with E-state index in [4.69, 9.17) is 0 Å². The van der Waals surface area contributed by atoms with Gasteiger partial charge in [-0.2, -0.15) is 5.10 Å². The molecule has 0 radical (unpaired) electrons. The van der Waals surface area contributed by atoms with E-state index in [0.717, 1.165) is 13.0 Å². The highest BCUT2D eigenvalue weighted by Crippen LogP contribution is 2.22. The Bertz CT molecular complexity index is 315. The van der Waals surface area contributed by atoms with Crippen LogP contribution in [0, 0.1) is 5.92 Å². The quantitative estimate of drug-likeness (QED) is 0.803. The lowest BCUT2D eigenvalue weighted by Crippen LogP contribution is -2.28. The summed E-state index contributed by atoms with van der Waals surface area (Å²) < 4.78 is 2.02. The predicted octanol–water partition coefficient (Wildman–Crippen LogP) is 2.68. The second-order valence-electron chi connectivity index (χ2n) is 4.71. The molecule has 1 aromatic heterocycles. The van der Waals surface area contributed by atoms with Gasteiger partial charge < -0.3 is 5.32 Å². The summed E-state index contributed by atoms with van der Waals surface area (Å²) in [7, 11) is 2.04. The van der Waals surface area contributed by atoms with E-state index in [1.54, 1.807) is 0 Å². The van der Waals surface area contributed by atoms with E-state index in [-0.39, 0.29) is 0 Å². The van der Waals surface area contributed by atoms with Crippen LogP contribution in [-0.2, 0) is 13.5 Å². The Labute approximate surface area is 99.2 Å².